The third-order valence-corrected chi connectivity index (χ3v) is 7.19. The van der Waals surface area contributed by atoms with Crippen LogP contribution in [0.2, 0.25) is 0 Å². The van der Waals surface area contributed by atoms with Crippen molar-refractivity contribution in [1.82, 2.24) is 9.21 Å². The molecule has 5 nitrogen and oxygen atoms in total. The van der Waals surface area contributed by atoms with Crippen molar-refractivity contribution in [3.8, 4) is 0 Å². The van der Waals surface area contributed by atoms with Crippen molar-refractivity contribution in [1.29, 1.82) is 0 Å². The van der Waals surface area contributed by atoms with Crippen LogP contribution >= 0.6 is 11.8 Å². The van der Waals surface area contributed by atoms with Crippen LogP contribution < -0.4 is 0 Å². The van der Waals surface area contributed by atoms with Crippen LogP contribution in [0, 0.1) is 5.82 Å². The van der Waals surface area contributed by atoms with Gasteiger partial charge in [-0.3, -0.25) is 4.79 Å². The zero-order valence-corrected chi connectivity index (χ0v) is 15.9. The SMILES string of the molecule is CSc1ccccc1S(=O)(=O)N1CCN(C(=O)c2ccc(F)cc2)CC1. The van der Waals surface area contributed by atoms with E-state index in [-0.39, 0.29) is 19.0 Å². The van der Waals surface area contributed by atoms with Crippen LogP contribution in [0.5, 0.6) is 0 Å². The van der Waals surface area contributed by atoms with Gasteiger partial charge in [-0.1, -0.05) is 12.1 Å². The zero-order chi connectivity index (χ0) is 18.7. The average Bonchev–Trinajstić information content (AvgIpc) is 2.68. The van der Waals surface area contributed by atoms with Gasteiger partial charge in [0.05, 0.1) is 4.90 Å². The van der Waals surface area contributed by atoms with E-state index in [0.29, 0.717) is 28.4 Å². The number of benzene rings is 2. The minimum Gasteiger partial charge on any atom is -0.336 e. The van der Waals surface area contributed by atoms with E-state index in [2.05, 4.69) is 0 Å². The van der Waals surface area contributed by atoms with Gasteiger partial charge in [0.25, 0.3) is 5.91 Å². The van der Waals surface area contributed by atoms with E-state index < -0.39 is 15.8 Å². The summed E-state index contributed by atoms with van der Waals surface area (Å²) in [6.45, 7) is 1.07. The largest absolute Gasteiger partial charge is 0.336 e. The molecule has 1 fully saturated rings. The summed E-state index contributed by atoms with van der Waals surface area (Å²) >= 11 is 1.39. The molecule has 2 aromatic carbocycles. The van der Waals surface area contributed by atoms with Crippen molar-refractivity contribution in [2.45, 2.75) is 9.79 Å². The van der Waals surface area contributed by atoms with E-state index in [0.717, 1.165) is 0 Å². The Bertz CT molecular complexity index is 893. The summed E-state index contributed by atoms with van der Waals surface area (Å²) in [5.41, 5.74) is 0.399. The van der Waals surface area contributed by atoms with Gasteiger partial charge < -0.3 is 4.90 Å². The Morgan fingerprint density at radius 2 is 1.62 bits per heavy atom. The van der Waals surface area contributed by atoms with Crippen molar-refractivity contribution in [3.63, 3.8) is 0 Å². The minimum atomic E-state index is -3.60. The molecule has 138 valence electrons. The van der Waals surface area contributed by atoms with Crippen LogP contribution in [0.3, 0.4) is 0 Å². The van der Waals surface area contributed by atoms with Gasteiger partial charge in [0.15, 0.2) is 0 Å². The quantitative estimate of drug-likeness (QED) is 0.748. The number of hydrogen-bond acceptors (Lipinski definition) is 4. The zero-order valence-electron chi connectivity index (χ0n) is 14.3. The molecule has 1 heterocycles. The number of carbonyl (C=O) groups excluding carboxylic acids is 1. The topological polar surface area (TPSA) is 57.7 Å². The van der Waals surface area contributed by atoms with Crippen molar-refractivity contribution in [3.05, 3.63) is 59.9 Å². The Kier molecular flexibility index (Phi) is 5.64. The summed E-state index contributed by atoms with van der Waals surface area (Å²) in [5, 5.41) is 0. The molecule has 0 unspecified atom stereocenters. The molecular weight excluding hydrogens is 375 g/mol. The van der Waals surface area contributed by atoms with Crippen LogP contribution in [0.15, 0.2) is 58.3 Å². The lowest BCUT2D eigenvalue weighted by molar-refractivity contribution is 0.0698. The molecule has 0 aromatic heterocycles. The summed E-state index contributed by atoms with van der Waals surface area (Å²) in [6, 6.07) is 12.3. The lowest BCUT2D eigenvalue weighted by atomic mass is 10.2. The van der Waals surface area contributed by atoms with E-state index in [1.54, 1.807) is 23.1 Å². The number of amides is 1. The average molecular weight is 394 g/mol. The number of rotatable bonds is 4. The Hall–Kier alpha value is -1.90. The number of halogens is 1. The fraction of sp³-hybridized carbons (Fsp3) is 0.278. The highest BCUT2D eigenvalue weighted by molar-refractivity contribution is 7.99. The van der Waals surface area contributed by atoms with Crippen molar-refractivity contribution in [2.75, 3.05) is 32.4 Å². The maximum atomic E-state index is 13.0. The molecule has 1 aliphatic heterocycles. The lowest BCUT2D eigenvalue weighted by Crippen LogP contribution is -2.50. The fourth-order valence-electron chi connectivity index (χ4n) is 2.88. The maximum absolute atomic E-state index is 13.0. The predicted octanol–water partition coefficient (Wildman–Crippen LogP) is 2.69. The highest BCUT2D eigenvalue weighted by atomic mass is 32.2. The highest BCUT2D eigenvalue weighted by Crippen LogP contribution is 2.27. The van der Waals surface area contributed by atoms with Crippen LogP contribution in [-0.4, -0.2) is 56.0 Å². The second-order valence-electron chi connectivity index (χ2n) is 5.85. The molecule has 1 aliphatic rings. The smallest absolute Gasteiger partial charge is 0.253 e. The van der Waals surface area contributed by atoms with E-state index in [4.69, 9.17) is 0 Å². The van der Waals surface area contributed by atoms with Gasteiger partial charge in [0, 0.05) is 36.6 Å². The first-order chi connectivity index (χ1) is 12.4. The molecule has 0 radical (unpaired) electrons. The molecule has 8 heteroatoms. The van der Waals surface area contributed by atoms with Gasteiger partial charge in [0.2, 0.25) is 10.0 Å². The molecule has 0 aliphatic carbocycles. The maximum Gasteiger partial charge on any atom is 0.253 e. The molecule has 0 N–H and O–H groups in total. The Balaban J connectivity index is 1.71. The molecule has 1 saturated heterocycles. The van der Waals surface area contributed by atoms with Crippen molar-refractivity contribution >= 4 is 27.7 Å². The van der Waals surface area contributed by atoms with E-state index in [1.165, 1.54) is 40.3 Å². The van der Waals surface area contributed by atoms with Gasteiger partial charge >= 0.3 is 0 Å². The first-order valence-electron chi connectivity index (χ1n) is 8.11. The third-order valence-electron chi connectivity index (χ3n) is 4.30. The number of hydrogen-bond donors (Lipinski definition) is 0. The predicted molar refractivity (Wildman–Crippen MR) is 99.3 cm³/mol. The first kappa shape index (κ1) is 18.9. The molecule has 2 aromatic rings. The summed E-state index contributed by atoms with van der Waals surface area (Å²) in [4.78, 5) is 15.1. The summed E-state index contributed by atoms with van der Waals surface area (Å²) in [7, 11) is -3.60. The van der Waals surface area contributed by atoms with Crippen molar-refractivity contribution < 1.29 is 17.6 Å². The molecule has 0 spiro atoms. The summed E-state index contributed by atoms with van der Waals surface area (Å²) in [6.07, 6.45) is 1.84. The van der Waals surface area contributed by atoms with Gasteiger partial charge in [-0.25, -0.2) is 12.8 Å². The van der Waals surface area contributed by atoms with E-state index in [1.807, 2.05) is 12.3 Å². The molecule has 3 rings (SSSR count). The van der Waals surface area contributed by atoms with E-state index >= 15 is 0 Å². The van der Waals surface area contributed by atoms with Crippen LogP contribution in [0.1, 0.15) is 10.4 Å². The Morgan fingerprint density at radius 1 is 1.00 bits per heavy atom. The summed E-state index contributed by atoms with van der Waals surface area (Å²) < 4.78 is 40.2. The summed E-state index contributed by atoms with van der Waals surface area (Å²) in [5.74, 6) is -0.614. The standard InChI is InChI=1S/C18H19FN2O3S2/c1-25-16-4-2-3-5-17(16)26(23,24)21-12-10-20(11-13-21)18(22)14-6-8-15(19)9-7-14/h2-9H,10-13H2,1H3. The molecule has 0 atom stereocenters. The van der Waals surface area contributed by atoms with Gasteiger partial charge in [0.1, 0.15) is 5.82 Å². The van der Waals surface area contributed by atoms with Gasteiger partial charge in [-0.05, 0) is 42.7 Å². The second-order valence-corrected chi connectivity index (χ2v) is 8.61. The number of piperazine rings is 1. The Morgan fingerprint density at radius 3 is 2.23 bits per heavy atom. The second kappa shape index (κ2) is 7.77. The number of nitrogens with zero attached hydrogens (tertiary/aromatic N) is 2. The minimum absolute atomic E-state index is 0.216. The normalized spacial score (nSPS) is 15.8. The first-order valence-corrected chi connectivity index (χ1v) is 10.8. The molecule has 26 heavy (non-hydrogen) atoms. The van der Waals surface area contributed by atoms with Crippen LogP contribution in [-0.2, 0) is 10.0 Å². The van der Waals surface area contributed by atoms with E-state index in [9.17, 15) is 17.6 Å². The fourth-order valence-corrected chi connectivity index (χ4v) is 5.42. The van der Waals surface area contributed by atoms with Crippen LogP contribution in [0.4, 0.5) is 4.39 Å². The molecule has 0 saturated carbocycles. The number of sulfonamides is 1. The van der Waals surface area contributed by atoms with Gasteiger partial charge in [-0.2, -0.15) is 4.31 Å². The lowest BCUT2D eigenvalue weighted by Gasteiger charge is -2.34. The molecule has 0 bridgehead atoms. The molecule has 1 amide bonds. The number of thioether (sulfide) groups is 1. The molecular formula is C18H19FN2O3S2. The number of carbonyl (C=O) groups is 1. The van der Waals surface area contributed by atoms with Crippen molar-refractivity contribution in [2.24, 2.45) is 0 Å². The van der Waals surface area contributed by atoms with Gasteiger partial charge in [-0.15, -0.1) is 11.8 Å². The Labute approximate surface area is 156 Å². The third kappa shape index (κ3) is 3.77. The monoisotopic (exact) mass is 394 g/mol. The highest BCUT2D eigenvalue weighted by Gasteiger charge is 2.31. The van der Waals surface area contributed by atoms with Crippen LogP contribution in [0.25, 0.3) is 0 Å².